The van der Waals surface area contributed by atoms with Crippen LogP contribution in [0.5, 0.6) is 17.2 Å². The van der Waals surface area contributed by atoms with Crippen LogP contribution in [0.1, 0.15) is 0 Å². The maximum absolute atomic E-state index is 6.15. The van der Waals surface area contributed by atoms with E-state index in [0.717, 1.165) is 10.9 Å². The molecule has 1 aromatic heterocycles. The molecule has 3 aromatic rings. The third-order valence-corrected chi connectivity index (χ3v) is 3.08. The van der Waals surface area contributed by atoms with E-state index in [-0.39, 0.29) is 0 Å². The first-order valence-corrected chi connectivity index (χ1v) is 6.23. The fraction of sp³-hybridized carbons (Fsp3) is 0.0625. The highest BCUT2D eigenvalue weighted by Gasteiger charge is 2.09. The topological polar surface area (TPSA) is 57.4 Å². The summed E-state index contributed by atoms with van der Waals surface area (Å²) in [4.78, 5) is 4.26. The van der Waals surface area contributed by atoms with E-state index in [0.29, 0.717) is 22.9 Å². The Balaban J connectivity index is 2.05. The molecule has 2 N–H and O–H groups in total. The van der Waals surface area contributed by atoms with Gasteiger partial charge in [0.2, 0.25) is 0 Å². The highest BCUT2D eigenvalue weighted by molar-refractivity contribution is 5.93. The molecular formula is C16H14N2O2. The number of methoxy groups -OCH3 is 1. The molecular weight excluding hydrogens is 252 g/mol. The predicted molar refractivity (Wildman–Crippen MR) is 79.2 cm³/mol. The summed E-state index contributed by atoms with van der Waals surface area (Å²) in [5.74, 6) is 1.89. The first kappa shape index (κ1) is 12.3. The average Bonchev–Trinajstić information content (AvgIpc) is 2.51. The largest absolute Gasteiger partial charge is 0.493 e. The average molecular weight is 266 g/mol. The van der Waals surface area contributed by atoms with Gasteiger partial charge in [-0.1, -0.05) is 12.1 Å². The van der Waals surface area contributed by atoms with Crippen molar-refractivity contribution in [3.05, 3.63) is 54.7 Å². The zero-order chi connectivity index (χ0) is 13.9. The normalized spacial score (nSPS) is 10.4. The van der Waals surface area contributed by atoms with Crippen molar-refractivity contribution in [2.75, 3.05) is 12.8 Å². The smallest absolute Gasteiger partial charge is 0.169 e. The lowest BCUT2D eigenvalue weighted by Gasteiger charge is -2.12. The second-order valence-electron chi connectivity index (χ2n) is 4.30. The molecule has 0 aliphatic carbocycles. The molecule has 20 heavy (non-hydrogen) atoms. The van der Waals surface area contributed by atoms with Gasteiger partial charge in [-0.25, -0.2) is 0 Å². The minimum atomic E-state index is 0.571. The minimum Gasteiger partial charge on any atom is -0.493 e. The lowest BCUT2D eigenvalue weighted by molar-refractivity contribution is 0.379. The molecule has 100 valence electrons. The molecule has 2 aromatic carbocycles. The number of rotatable bonds is 3. The lowest BCUT2D eigenvalue weighted by atomic mass is 10.1. The number of aromatic nitrogens is 1. The molecule has 0 aliphatic rings. The van der Waals surface area contributed by atoms with Crippen molar-refractivity contribution < 1.29 is 9.47 Å². The molecule has 0 aliphatic heterocycles. The van der Waals surface area contributed by atoms with E-state index in [4.69, 9.17) is 15.2 Å². The predicted octanol–water partition coefficient (Wildman–Crippen LogP) is 3.62. The molecule has 4 nitrogen and oxygen atoms in total. The number of anilines is 1. The van der Waals surface area contributed by atoms with Crippen molar-refractivity contribution in [2.24, 2.45) is 0 Å². The third-order valence-electron chi connectivity index (χ3n) is 3.08. The molecule has 0 spiro atoms. The summed E-state index contributed by atoms with van der Waals surface area (Å²) in [6, 6.07) is 14.9. The molecule has 0 unspecified atom stereocenters. The molecule has 0 atom stereocenters. The monoisotopic (exact) mass is 266 g/mol. The SMILES string of the molecule is COc1ccccc1Oc1ccc2ncccc2c1N. The number of fused-ring (bicyclic) bond motifs is 1. The van der Waals surface area contributed by atoms with Gasteiger partial charge in [-0.15, -0.1) is 0 Å². The summed E-state index contributed by atoms with van der Waals surface area (Å²) in [7, 11) is 1.61. The number of hydrogen-bond donors (Lipinski definition) is 1. The molecule has 0 saturated heterocycles. The van der Waals surface area contributed by atoms with Crippen molar-refractivity contribution in [2.45, 2.75) is 0 Å². The summed E-state index contributed by atoms with van der Waals surface area (Å²) in [5, 5.41) is 0.875. The maximum Gasteiger partial charge on any atom is 0.169 e. The number of nitrogens with two attached hydrogens (primary N) is 1. The fourth-order valence-corrected chi connectivity index (χ4v) is 2.07. The van der Waals surface area contributed by atoms with E-state index < -0.39 is 0 Å². The van der Waals surface area contributed by atoms with Gasteiger partial charge in [0.25, 0.3) is 0 Å². The summed E-state index contributed by atoms with van der Waals surface area (Å²) in [6.07, 6.45) is 1.74. The molecule has 3 rings (SSSR count). The quantitative estimate of drug-likeness (QED) is 0.736. The Morgan fingerprint density at radius 3 is 2.50 bits per heavy atom. The van der Waals surface area contributed by atoms with Gasteiger partial charge in [-0.2, -0.15) is 0 Å². The Labute approximate surface area is 116 Å². The van der Waals surface area contributed by atoms with Crippen molar-refractivity contribution in [3.8, 4) is 17.2 Å². The Morgan fingerprint density at radius 2 is 1.70 bits per heavy atom. The van der Waals surface area contributed by atoms with E-state index >= 15 is 0 Å². The van der Waals surface area contributed by atoms with Crippen molar-refractivity contribution in [1.82, 2.24) is 4.98 Å². The van der Waals surface area contributed by atoms with Gasteiger partial charge in [0.15, 0.2) is 17.2 Å². The number of ether oxygens (including phenoxy) is 2. The Kier molecular flexibility index (Phi) is 3.13. The van der Waals surface area contributed by atoms with Crippen molar-refractivity contribution >= 4 is 16.6 Å². The van der Waals surface area contributed by atoms with Crippen LogP contribution in [-0.4, -0.2) is 12.1 Å². The highest BCUT2D eigenvalue weighted by Crippen LogP contribution is 2.36. The minimum absolute atomic E-state index is 0.571. The van der Waals surface area contributed by atoms with E-state index in [1.54, 1.807) is 13.3 Å². The van der Waals surface area contributed by atoms with Crippen LogP contribution < -0.4 is 15.2 Å². The van der Waals surface area contributed by atoms with Crippen LogP contribution in [-0.2, 0) is 0 Å². The molecule has 0 fully saturated rings. The van der Waals surface area contributed by atoms with Crippen LogP contribution >= 0.6 is 0 Å². The number of nitrogen functional groups attached to an aromatic ring is 1. The fourth-order valence-electron chi connectivity index (χ4n) is 2.07. The Hall–Kier alpha value is -2.75. The molecule has 4 heteroatoms. The number of benzene rings is 2. The van der Waals surface area contributed by atoms with Gasteiger partial charge in [-0.05, 0) is 36.4 Å². The van der Waals surface area contributed by atoms with Gasteiger partial charge in [0.05, 0.1) is 18.3 Å². The highest BCUT2D eigenvalue weighted by atomic mass is 16.5. The van der Waals surface area contributed by atoms with Gasteiger partial charge >= 0.3 is 0 Å². The van der Waals surface area contributed by atoms with Crippen LogP contribution in [0.25, 0.3) is 10.9 Å². The maximum atomic E-state index is 6.15. The standard InChI is InChI=1S/C16H14N2O2/c1-19-13-6-2-3-7-14(13)20-15-9-8-12-11(16(15)17)5-4-10-18-12/h2-10H,17H2,1H3. The zero-order valence-electron chi connectivity index (χ0n) is 11.0. The molecule has 0 bridgehead atoms. The third kappa shape index (κ3) is 2.12. The molecule has 0 saturated carbocycles. The van der Waals surface area contributed by atoms with Crippen LogP contribution in [0, 0.1) is 0 Å². The van der Waals surface area contributed by atoms with Gasteiger partial charge in [0, 0.05) is 11.6 Å². The van der Waals surface area contributed by atoms with E-state index in [1.807, 2.05) is 48.5 Å². The van der Waals surface area contributed by atoms with E-state index in [9.17, 15) is 0 Å². The van der Waals surface area contributed by atoms with E-state index in [1.165, 1.54) is 0 Å². The van der Waals surface area contributed by atoms with Crippen LogP contribution in [0.3, 0.4) is 0 Å². The van der Waals surface area contributed by atoms with Crippen LogP contribution in [0.4, 0.5) is 5.69 Å². The summed E-state index contributed by atoms with van der Waals surface area (Å²) in [5.41, 5.74) is 7.57. The molecule has 0 radical (unpaired) electrons. The van der Waals surface area contributed by atoms with Crippen LogP contribution in [0.2, 0.25) is 0 Å². The summed E-state index contributed by atoms with van der Waals surface area (Å²) >= 11 is 0. The summed E-state index contributed by atoms with van der Waals surface area (Å²) in [6.45, 7) is 0. The molecule has 0 amide bonds. The first-order chi connectivity index (χ1) is 9.79. The van der Waals surface area contributed by atoms with Crippen molar-refractivity contribution in [3.63, 3.8) is 0 Å². The second kappa shape index (κ2) is 5.09. The Morgan fingerprint density at radius 1 is 0.900 bits per heavy atom. The zero-order valence-corrected chi connectivity index (χ0v) is 11.0. The van der Waals surface area contributed by atoms with E-state index in [2.05, 4.69) is 4.98 Å². The van der Waals surface area contributed by atoms with Gasteiger partial charge in [-0.3, -0.25) is 4.98 Å². The number of pyridine rings is 1. The molecule has 1 heterocycles. The van der Waals surface area contributed by atoms with Gasteiger partial charge < -0.3 is 15.2 Å². The van der Waals surface area contributed by atoms with Gasteiger partial charge in [0.1, 0.15) is 0 Å². The lowest BCUT2D eigenvalue weighted by Crippen LogP contribution is -1.95. The number of nitrogens with zero attached hydrogens (tertiary/aromatic N) is 1. The number of hydrogen-bond acceptors (Lipinski definition) is 4. The van der Waals surface area contributed by atoms with Crippen molar-refractivity contribution in [1.29, 1.82) is 0 Å². The number of para-hydroxylation sites is 2. The second-order valence-corrected chi connectivity index (χ2v) is 4.30. The van der Waals surface area contributed by atoms with Crippen LogP contribution in [0.15, 0.2) is 54.7 Å². The Bertz CT molecular complexity index is 756. The summed E-state index contributed by atoms with van der Waals surface area (Å²) < 4.78 is 11.1. The first-order valence-electron chi connectivity index (χ1n) is 6.23.